The molecule has 0 spiro atoms. The lowest BCUT2D eigenvalue weighted by atomic mass is 10.2. The first-order valence-electron chi connectivity index (χ1n) is 10.2. The van der Waals surface area contributed by atoms with Crippen molar-refractivity contribution in [1.82, 2.24) is 10.0 Å². The van der Waals surface area contributed by atoms with Crippen molar-refractivity contribution in [3.05, 3.63) is 89.5 Å². The molecule has 0 aliphatic rings. The predicted octanol–water partition coefficient (Wildman–Crippen LogP) is 1.79. The van der Waals surface area contributed by atoms with Crippen LogP contribution in [0, 0.1) is 0 Å². The maximum Gasteiger partial charge on any atom is 0.251 e. The standard InChI is InChI=1S/C23H25N3O6S2/c1-32-21-12-9-19(23(27)25-16-18-7-10-20(11-8-18)33(24,28)29)15-22(21)34(30,31)26-14-13-17-5-3-2-4-6-17/h2-12,15,26H,13-14,16H2,1H3,(H,25,27)(H2,24,28,29). The topological polar surface area (TPSA) is 145 Å². The average molecular weight is 504 g/mol. The minimum Gasteiger partial charge on any atom is -0.495 e. The molecule has 11 heteroatoms. The number of rotatable bonds is 10. The van der Waals surface area contributed by atoms with Crippen molar-refractivity contribution in [1.29, 1.82) is 0 Å². The molecule has 3 aromatic carbocycles. The number of hydrogen-bond acceptors (Lipinski definition) is 6. The van der Waals surface area contributed by atoms with Gasteiger partial charge in [0.15, 0.2) is 0 Å². The largest absolute Gasteiger partial charge is 0.495 e. The summed E-state index contributed by atoms with van der Waals surface area (Å²) in [5.41, 5.74) is 1.76. The Bertz CT molecular complexity index is 1360. The van der Waals surface area contributed by atoms with E-state index in [4.69, 9.17) is 9.88 Å². The number of nitrogens with two attached hydrogens (primary N) is 1. The molecule has 0 aromatic heterocycles. The predicted molar refractivity (Wildman–Crippen MR) is 127 cm³/mol. The molecule has 0 bridgehead atoms. The Morgan fingerprint density at radius 1 is 0.912 bits per heavy atom. The molecule has 34 heavy (non-hydrogen) atoms. The molecule has 0 aliphatic heterocycles. The SMILES string of the molecule is COc1ccc(C(=O)NCc2ccc(S(N)(=O)=O)cc2)cc1S(=O)(=O)NCCc1ccccc1. The second-order valence-electron chi connectivity index (χ2n) is 7.37. The number of carbonyl (C=O) groups excluding carboxylic acids is 1. The molecule has 4 N–H and O–H groups in total. The minimum absolute atomic E-state index is 0.0349. The van der Waals surface area contributed by atoms with E-state index in [0.717, 1.165) is 5.56 Å². The molecular weight excluding hydrogens is 478 g/mol. The van der Waals surface area contributed by atoms with Gasteiger partial charge in [-0.2, -0.15) is 0 Å². The van der Waals surface area contributed by atoms with Crippen LogP contribution in [0.15, 0.2) is 82.6 Å². The monoisotopic (exact) mass is 503 g/mol. The van der Waals surface area contributed by atoms with Gasteiger partial charge < -0.3 is 10.1 Å². The molecule has 3 aromatic rings. The molecular formula is C23H25N3O6S2. The first kappa shape index (κ1) is 25.4. The summed E-state index contributed by atoms with van der Waals surface area (Å²) in [7, 11) is -6.39. The van der Waals surface area contributed by atoms with Crippen LogP contribution in [0.2, 0.25) is 0 Å². The van der Waals surface area contributed by atoms with Crippen LogP contribution >= 0.6 is 0 Å². The third-order valence-electron chi connectivity index (χ3n) is 4.97. The smallest absolute Gasteiger partial charge is 0.251 e. The van der Waals surface area contributed by atoms with Gasteiger partial charge in [-0.15, -0.1) is 0 Å². The highest BCUT2D eigenvalue weighted by atomic mass is 32.2. The Hall–Kier alpha value is -3.25. The zero-order valence-electron chi connectivity index (χ0n) is 18.4. The zero-order chi connectivity index (χ0) is 24.8. The Kier molecular flexibility index (Phi) is 8.05. The minimum atomic E-state index is -3.94. The number of ether oxygens (including phenoxy) is 1. The van der Waals surface area contributed by atoms with Crippen molar-refractivity contribution >= 4 is 26.0 Å². The van der Waals surface area contributed by atoms with Gasteiger partial charge in [0.05, 0.1) is 12.0 Å². The van der Waals surface area contributed by atoms with Crippen LogP contribution in [-0.4, -0.2) is 36.4 Å². The summed E-state index contributed by atoms with van der Waals surface area (Å²) in [4.78, 5) is 12.5. The van der Waals surface area contributed by atoms with Gasteiger partial charge in [0.2, 0.25) is 20.0 Å². The number of benzene rings is 3. The van der Waals surface area contributed by atoms with Crippen molar-refractivity contribution in [2.75, 3.05) is 13.7 Å². The van der Waals surface area contributed by atoms with Gasteiger partial charge in [-0.25, -0.2) is 26.7 Å². The molecule has 180 valence electrons. The second-order valence-corrected chi connectivity index (χ2v) is 10.7. The van der Waals surface area contributed by atoms with Crippen molar-refractivity contribution in [3.63, 3.8) is 0 Å². The number of hydrogen-bond donors (Lipinski definition) is 3. The van der Waals surface area contributed by atoms with Crippen molar-refractivity contribution in [3.8, 4) is 5.75 Å². The van der Waals surface area contributed by atoms with E-state index < -0.39 is 26.0 Å². The van der Waals surface area contributed by atoms with Crippen LogP contribution < -0.4 is 19.9 Å². The van der Waals surface area contributed by atoms with E-state index in [-0.39, 0.29) is 34.2 Å². The summed E-state index contributed by atoms with van der Waals surface area (Å²) >= 11 is 0. The molecule has 9 nitrogen and oxygen atoms in total. The van der Waals surface area contributed by atoms with E-state index in [9.17, 15) is 21.6 Å². The van der Waals surface area contributed by atoms with E-state index in [1.54, 1.807) is 0 Å². The molecule has 0 radical (unpaired) electrons. The third-order valence-corrected chi connectivity index (χ3v) is 7.38. The number of primary sulfonamides is 1. The maximum atomic E-state index is 12.9. The number of amides is 1. The number of methoxy groups -OCH3 is 1. The molecule has 0 saturated heterocycles. The first-order valence-corrected chi connectivity index (χ1v) is 13.2. The summed E-state index contributed by atoms with van der Waals surface area (Å²) < 4.78 is 56.2. The Balaban J connectivity index is 1.70. The summed E-state index contributed by atoms with van der Waals surface area (Å²) in [5.74, 6) is -0.388. The van der Waals surface area contributed by atoms with E-state index in [2.05, 4.69) is 10.0 Å². The van der Waals surface area contributed by atoms with E-state index in [0.29, 0.717) is 12.0 Å². The van der Waals surface area contributed by atoms with Gasteiger partial charge in [-0.3, -0.25) is 4.79 Å². The second kappa shape index (κ2) is 10.8. The average Bonchev–Trinajstić information content (AvgIpc) is 2.82. The maximum absolute atomic E-state index is 12.9. The van der Waals surface area contributed by atoms with Gasteiger partial charge in [0, 0.05) is 18.7 Å². The fraction of sp³-hybridized carbons (Fsp3) is 0.174. The van der Waals surface area contributed by atoms with Crippen LogP contribution in [0.3, 0.4) is 0 Å². The summed E-state index contributed by atoms with van der Waals surface area (Å²) in [6.45, 7) is 0.285. The van der Waals surface area contributed by atoms with E-state index >= 15 is 0 Å². The zero-order valence-corrected chi connectivity index (χ0v) is 20.0. The highest BCUT2D eigenvalue weighted by Crippen LogP contribution is 2.25. The Labute approximate surface area is 199 Å². The fourth-order valence-corrected chi connectivity index (χ4v) is 4.90. The van der Waals surface area contributed by atoms with Gasteiger partial charge in [0.1, 0.15) is 10.6 Å². The molecule has 0 unspecified atom stereocenters. The van der Waals surface area contributed by atoms with E-state index in [1.807, 2.05) is 30.3 Å². The fourth-order valence-electron chi connectivity index (χ4n) is 3.16. The first-order chi connectivity index (χ1) is 16.1. The number of nitrogens with one attached hydrogen (secondary N) is 2. The van der Waals surface area contributed by atoms with Crippen LogP contribution in [0.25, 0.3) is 0 Å². The molecule has 0 aliphatic carbocycles. The van der Waals surface area contributed by atoms with E-state index in [1.165, 1.54) is 49.6 Å². The summed E-state index contributed by atoms with van der Waals surface area (Å²) in [6.07, 6.45) is 0.507. The van der Waals surface area contributed by atoms with Gasteiger partial charge in [-0.05, 0) is 47.9 Å². The van der Waals surface area contributed by atoms with Crippen molar-refractivity contribution in [2.24, 2.45) is 5.14 Å². The Morgan fingerprint density at radius 3 is 2.21 bits per heavy atom. The Morgan fingerprint density at radius 2 is 1.59 bits per heavy atom. The van der Waals surface area contributed by atoms with Crippen molar-refractivity contribution < 1.29 is 26.4 Å². The summed E-state index contributed by atoms with van der Waals surface area (Å²) in [5, 5.41) is 7.75. The molecule has 3 rings (SSSR count). The van der Waals surface area contributed by atoms with Crippen LogP contribution in [0.5, 0.6) is 5.75 Å². The van der Waals surface area contributed by atoms with Crippen LogP contribution in [-0.2, 0) is 33.0 Å². The van der Waals surface area contributed by atoms with Crippen LogP contribution in [0.1, 0.15) is 21.5 Å². The normalized spacial score (nSPS) is 11.7. The van der Waals surface area contributed by atoms with Gasteiger partial charge in [0.25, 0.3) is 5.91 Å². The number of carbonyl (C=O) groups is 1. The molecule has 0 atom stereocenters. The van der Waals surface area contributed by atoms with Crippen molar-refractivity contribution in [2.45, 2.75) is 22.8 Å². The highest BCUT2D eigenvalue weighted by molar-refractivity contribution is 7.89. The molecule has 1 amide bonds. The number of sulfonamides is 2. The van der Waals surface area contributed by atoms with Gasteiger partial charge in [-0.1, -0.05) is 42.5 Å². The lowest BCUT2D eigenvalue weighted by Gasteiger charge is -2.13. The quantitative estimate of drug-likeness (QED) is 0.385. The highest BCUT2D eigenvalue weighted by Gasteiger charge is 2.21. The summed E-state index contributed by atoms with van der Waals surface area (Å²) in [6, 6.07) is 19.3. The lowest BCUT2D eigenvalue weighted by molar-refractivity contribution is 0.0950. The molecule has 0 heterocycles. The lowest BCUT2D eigenvalue weighted by Crippen LogP contribution is -2.27. The molecule has 0 fully saturated rings. The van der Waals surface area contributed by atoms with Crippen LogP contribution in [0.4, 0.5) is 0 Å². The third kappa shape index (κ3) is 6.64. The van der Waals surface area contributed by atoms with Gasteiger partial charge >= 0.3 is 0 Å². The molecule has 0 saturated carbocycles.